The summed E-state index contributed by atoms with van der Waals surface area (Å²) in [5, 5.41) is 15.3. The Hall–Kier alpha value is -3.39. The molecule has 0 saturated heterocycles. The second-order valence-corrected chi connectivity index (χ2v) is 7.67. The summed E-state index contributed by atoms with van der Waals surface area (Å²) in [6.07, 6.45) is 1.62. The van der Waals surface area contributed by atoms with Gasteiger partial charge in [-0.05, 0) is 29.2 Å². The summed E-state index contributed by atoms with van der Waals surface area (Å²) in [4.78, 5) is 24.1. The number of rotatable bonds is 7. The van der Waals surface area contributed by atoms with Crippen molar-refractivity contribution in [1.29, 1.82) is 0 Å². The highest BCUT2D eigenvalue weighted by Crippen LogP contribution is 2.17. The molecule has 0 aliphatic heterocycles. The lowest BCUT2D eigenvalue weighted by atomic mass is 10.0. The van der Waals surface area contributed by atoms with Crippen LogP contribution in [0.1, 0.15) is 46.3 Å². The van der Waals surface area contributed by atoms with Gasteiger partial charge in [0.25, 0.3) is 5.91 Å². The fourth-order valence-corrected chi connectivity index (χ4v) is 3.19. The van der Waals surface area contributed by atoms with Gasteiger partial charge in [0.1, 0.15) is 5.01 Å². The van der Waals surface area contributed by atoms with E-state index in [-0.39, 0.29) is 18.2 Å². The lowest BCUT2D eigenvalue weighted by molar-refractivity contribution is -0.120. The van der Waals surface area contributed by atoms with E-state index < -0.39 is 0 Å². The number of nitrogens with one attached hydrogen (secondary N) is 2. The average molecular weight is 407 g/mol. The van der Waals surface area contributed by atoms with Crippen molar-refractivity contribution in [1.82, 2.24) is 15.6 Å². The van der Waals surface area contributed by atoms with Gasteiger partial charge in [-0.1, -0.05) is 67.6 Å². The highest BCUT2D eigenvalue weighted by Gasteiger charge is 2.12. The number of carbonyl (C=O) groups excluding carboxylic acids is 2. The zero-order valence-electron chi connectivity index (χ0n) is 16.1. The van der Waals surface area contributed by atoms with Crippen molar-refractivity contribution in [3.05, 3.63) is 76.3 Å². The number of amides is 2. The lowest BCUT2D eigenvalue weighted by Gasteiger charge is -2.04. The fraction of sp³-hybridized carbons (Fsp3) is 0.190. The molecule has 7 nitrogen and oxygen atoms in total. The maximum absolute atomic E-state index is 12.1. The normalized spacial score (nSPS) is 11.0. The van der Waals surface area contributed by atoms with E-state index in [9.17, 15) is 9.59 Å². The molecule has 0 unspecified atom stereocenters. The fourth-order valence-electron chi connectivity index (χ4n) is 2.46. The molecule has 8 heteroatoms. The number of aromatic nitrogens is 2. The first-order valence-electron chi connectivity index (χ1n) is 9.12. The summed E-state index contributed by atoms with van der Waals surface area (Å²) in [5.41, 5.74) is 5.15. The number of hydrogen-bond donors (Lipinski definition) is 2. The van der Waals surface area contributed by atoms with Gasteiger partial charge in [-0.15, -0.1) is 10.2 Å². The summed E-state index contributed by atoms with van der Waals surface area (Å²) in [6.45, 7) is 4.27. The van der Waals surface area contributed by atoms with E-state index in [2.05, 4.69) is 39.9 Å². The molecule has 0 aliphatic carbocycles. The molecule has 3 aromatic rings. The van der Waals surface area contributed by atoms with Crippen LogP contribution in [-0.4, -0.2) is 28.2 Å². The Morgan fingerprint density at radius 2 is 1.79 bits per heavy atom. The lowest BCUT2D eigenvalue weighted by Crippen LogP contribution is -2.19. The second-order valence-electron chi connectivity index (χ2n) is 6.61. The minimum atomic E-state index is -0.308. The summed E-state index contributed by atoms with van der Waals surface area (Å²) < 4.78 is 0. The van der Waals surface area contributed by atoms with Crippen LogP contribution in [0.4, 0.5) is 5.13 Å². The maximum Gasteiger partial charge on any atom is 0.257 e. The molecule has 0 radical (unpaired) electrons. The Morgan fingerprint density at radius 3 is 2.48 bits per heavy atom. The Bertz CT molecular complexity index is 997. The molecule has 2 N–H and O–H groups in total. The van der Waals surface area contributed by atoms with Gasteiger partial charge in [0.2, 0.25) is 11.0 Å². The third-order valence-electron chi connectivity index (χ3n) is 4.04. The monoisotopic (exact) mass is 407 g/mol. The molecule has 0 spiro atoms. The molecular formula is C21H21N5O2S. The van der Waals surface area contributed by atoms with E-state index in [0.29, 0.717) is 21.6 Å². The maximum atomic E-state index is 12.1. The summed E-state index contributed by atoms with van der Waals surface area (Å²) in [7, 11) is 0. The van der Waals surface area contributed by atoms with Crippen LogP contribution in [0.5, 0.6) is 0 Å². The topological polar surface area (TPSA) is 96.3 Å². The highest BCUT2D eigenvalue weighted by molar-refractivity contribution is 7.15. The van der Waals surface area contributed by atoms with E-state index in [1.54, 1.807) is 30.5 Å². The van der Waals surface area contributed by atoms with Gasteiger partial charge in [-0.2, -0.15) is 5.10 Å². The first-order valence-corrected chi connectivity index (χ1v) is 9.93. The predicted octanol–water partition coefficient (Wildman–Crippen LogP) is 3.61. The molecular weight excluding hydrogens is 386 g/mol. The molecule has 0 fully saturated rings. The zero-order chi connectivity index (χ0) is 20.6. The van der Waals surface area contributed by atoms with Crippen LogP contribution in [-0.2, 0) is 11.2 Å². The quantitative estimate of drug-likeness (QED) is 0.462. The first kappa shape index (κ1) is 20.3. The minimum Gasteiger partial charge on any atom is -0.296 e. The standard InChI is InChI=1S/C21H21N5O2S/c1-14(2)16-10-8-15(9-11-16)13-22-24-18(27)12-19-25-26-21(29-19)23-20(28)17-6-4-3-5-7-17/h3-11,13-14H,12H2,1-2H3,(H,24,27)(H,23,26,28)/b22-13+. The minimum absolute atomic E-state index is 0.0303. The second kappa shape index (κ2) is 9.70. The smallest absolute Gasteiger partial charge is 0.257 e. The van der Waals surface area contributed by atoms with Gasteiger partial charge >= 0.3 is 0 Å². The van der Waals surface area contributed by atoms with E-state index in [1.165, 1.54) is 5.56 Å². The van der Waals surface area contributed by atoms with E-state index in [4.69, 9.17) is 0 Å². The van der Waals surface area contributed by atoms with Crippen molar-refractivity contribution in [2.24, 2.45) is 5.10 Å². The summed E-state index contributed by atoms with van der Waals surface area (Å²) in [5.74, 6) is -0.113. The van der Waals surface area contributed by atoms with Crippen molar-refractivity contribution in [2.45, 2.75) is 26.2 Å². The van der Waals surface area contributed by atoms with Crippen molar-refractivity contribution in [3.8, 4) is 0 Å². The molecule has 1 heterocycles. The van der Waals surface area contributed by atoms with Crippen LogP contribution in [0.3, 0.4) is 0 Å². The molecule has 0 aliphatic rings. The van der Waals surface area contributed by atoms with Crippen molar-refractivity contribution >= 4 is 34.5 Å². The van der Waals surface area contributed by atoms with E-state index >= 15 is 0 Å². The SMILES string of the molecule is CC(C)c1ccc(/C=N/NC(=O)Cc2nnc(NC(=O)c3ccccc3)s2)cc1. The molecule has 0 bridgehead atoms. The van der Waals surface area contributed by atoms with Crippen LogP contribution >= 0.6 is 11.3 Å². The van der Waals surface area contributed by atoms with E-state index in [0.717, 1.165) is 16.9 Å². The third-order valence-corrected chi connectivity index (χ3v) is 4.88. The van der Waals surface area contributed by atoms with Gasteiger partial charge in [-0.3, -0.25) is 14.9 Å². The average Bonchev–Trinajstić information content (AvgIpc) is 3.15. The Labute approximate surface area is 172 Å². The summed E-state index contributed by atoms with van der Waals surface area (Å²) in [6, 6.07) is 16.8. The highest BCUT2D eigenvalue weighted by atomic mass is 32.1. The van der Waals surface area contributed by atoms with Crippen molar-refractivity contribution in [3.63, 3.8) is 0 Å². The zero-order valence-corrected chi connectivity index (χ0v) is 16.9. The van der Waals surface area contributed by atoms with Crippen LogP contribution < -0.4 is 10.7 Å². The molecule has 2 amide bonds. The van der Waals surface area contributed by atoms with Crippen LogP contribution in [0.25, 0.3) is 0 Å². The van der Waals surface area contributed by atoms with Gasteiger partial charge in [0.15, 0.2) is 0 Å². The number of anilines is 1. The molecule has 1 aromatic heterocycles. The van der Waals surface area contributed by atoms with Crippen molar-refractivity contribution < 1.29 is 9.59 Å². The van der Waals surface area contributed by atoms with Gasteiger partial charge in [0.05, 0.1) is 12.6 Å². The van der Waals surface area contributed by atoms with Gasteiger partial charge < -0.3 is 0 Å². The van der Waals surface area contributed by atoms with Crippen LogP contribution in [0.15, 0.2) is 59.7 Å². The Morgan fingerprint density at radius 1 is 1.07 bits per heavy atom. The van der Waals surface area contributed by atoms with Crippen LogP contribution in [0, 0.1) is 0 Å². The molecule has 29 heavy (non-hydrogen) atoms. The first-order chi connectivity index (χ1) is 14.0. The molecule has 2 aromatic carbocycles. The summed E-state index contributed by atoms with van der Waals surface area (Å²) >= 11 is 1.15. The van der Waals surface area contributed by atoms with Crippen LogP contribution in [0.2, 0.25) is 0 Å². The number of carbonyl (C=O) groups is 2. The number of benzene rings is 2. The van der Waals surface area contributed by atoms with E-state index in [1.807, 2.05) is 30.3 Å². The molecule has 3 rings (SSSR count). The number of nitrogens with zero attached hydrogens (tertiary/aromatic N) is 3. The molecule has 148 valence electrons. The molecule has 0 atom stereocenters. The largest absolute Gasteiger partial charge is 0.296 e. The third kappa shape index (κ3) is 6.05. The number of hydrogen-bond acceptors (Lipinski definition) is 6. The Kier molecular flexibility index (Phi) is 6.80. The van der Waals surface area contributed by atoms with Gasteiger partial charge in [-0.25, -0.2) is 5.43 Å². The van der Waals surface area contributed by atoms with Gasteiger partial charge in [0, 0.05) is 5.56 Å². The molecule has 0 saturated carbocycles. The predicted molar refractivity (Wildman–Crippen MR) is 114 cm³/mol. The number of hydrazone groups is 1. The Balaban J connectivity index is 1.49. The van der Waals surface area contributed by atoms with Crippen molar-refractivity contribution in [2.75, 3.05) is 5.32 Å².